The van der Waals surface area contributed by atoms with Crippen molar-refractivity contribution in [2.24, 2.45) is 10.9 Å². The number of amidine groups is 1. The number of rotatable bonds is 4. The Balaban J connectivity index is 2.17. The monoisotopic (exact) mass is 477 g/mol. The van der Waals surface area contributed by atoms with Crippen molar-refractivity contribution in [3.8, 4) is 5.75 Å². The molecule has 3 N–H and O–H groups in total. The summed E-state index contributed by atoms with van der Waals surface area (Å²) in [6.07, 6.45) is 1.58. The highest BCUT2D eigenvalue weighted by molar-refractivity contribution is 9.11. The molecule has 5 nitrogen and oxygen atoms in total. The van der Waals surface area contributed by atoms with Gasteiger partial charge in [0.25, 0.3) is 0 Å². The molecule has 2 rings (SSSR count). The highest BCUT2D eigenvalue weighted by atomic mass is 79.9. The summed E-state index contributed by atoms with van der Waals surface area (Å²) >= 11 is 10.3. The molecule has 110 valence electrons. The van der Waals surface area contributed by atoms with E-state index in [9.17, 15) is 0 Å². The van der Waals surface area contributed by atoms with E-state index in [1.165, 1.54) is 0 Å². The van der Waals surface area contributed by atoms with Gasteiger partial charge in [-0.2, -0.15) is 0 Å². The van der Waals surface area contributed by atoms with Crippen LogP contribution in [0.2, 0.25) is 0 Å². The topological polar surface area (TPSA) is 80.7 Å². The van der Waals surface area contributed by atoms with E-state index in [4.69, 9.17) is 15.7 Å². The van der Waals surface area contributed by atoms with Gasteiger partial charge in [0.1, 0.15) is 18.1 Å². The summed E-state index contributed by atoms with van der Waals surface area (Å²) in [5.41, 5.74) is 6.76. The standard InChI is InChI=1S/C13H10Br3N3O2/c14-8-4-9(15)12(10(16)5-8)21-6-7-1-2-18-11(3-7)13(17)19-20/h1-5,20H,6H2,(H2,17,19). The van der Waals surface area contributed by atoms with Crippen LogP contribution in [0, 0.1) is 0 Å². The second-order valence-corrected chi connectivity index (χ2v) is 6.65. The lowest BCUT2D eigenvalue weighted by Crippen LogP contribution is -2.15. The van der Waals surface area contributed by atoms with Crippen LogP contribution in [0.25, 0.3) is 0 Å². The normalized spacial score (nSPS) is 11.5. The van der Waals surface area contributed by atoms with Gasteiger partial charge in [-0.3, -0.25) is 4.98 Å². The predicted molar refractivity (Wildman–Crippen MR) is 90.6 cm³/mol. The van der Waals surface area contributed by atoms with Crippen LogP contribution in [0.1, 0.15) is 11.3 Å². The second kappa shape index (κ2) is 7.24. The maximum atomic E-state index is 8.66. The number of nitrogens with two attached hydrogens (primary N) is 1. The van der Waals surface area contributed by atoms with Crippen LogP contribution in [0.5, 0.6) is 5.75 Å². The number of oxime groups is 1. The number of ether oxygens (including phenoxy) is 1. The molecular formula is C13H10Br3N3O2. The molecule has 0 aliphatic heterocycles. The summed E-state index contributed by atoms with van der Waals surface area (Å²) in [6.45, 7) is 0.326. The van der Waals surface area contributed by atoms with Gasteiger partial charge in [-0.05, 0) is 61.7 Å². The Hall–Kier alpha value is -1.12. The first-order valence-corrected chi connectivity index (χ1v) is 8.09. The third-order valence-electron chi connectivity index (χ3n) is 2.54. The van der Waals surface area contributed by atoms with E-state index in [1.54, 1.807) is 18.3 Å². The van der Waals surface area contributed by atoms with Crippen LogP contribution in [0.15, 0.2) is 49.0 Å². The van der Waals surface area contributed by atoms with Crippen LogP contribution in [-0.2, 0) is 6.61 Å². The molecule has 0 saturated heterocycles. The van der Waals surface area contributed by atoms with E-state index in [0.717, 1.165) is 19.0 Å². The molecule has 0 atom stereocenters. The molecule has 0 fully saturated rings. The molecule has 0 spiro atoms. The van der Waals surface area contributed by atoms with Gasteiger partial charge in [0.05, 0.1) is 8.95 Å². The zero-order valence-corrected chi connectivity index (χ0v) is 15.3. The van der Waals surface area contributed by atoms with Crippen LogP contribution in [0.4, 0.5) is 0 Å². The van der Waals surface area contributed by atoms with Crippen LogP contribution >= 0.6 is 47.8 Å². The van der Waals surface area contributed by atoms with E-state index < -0.39 is 0 Å². The number of pyridine rings is 1. The summed E-state index contributed by atoms with van der Waals surface area (Å²) in [5, 5.41) is 11.6. The molecule has 21 heavy (non-hydrogen) atoms. The molecule has 0 saturated carbocycles. The number of hydrogen-bond donors (Lipinski definition) is 2. The molecule has 0 aliphatic rings. The van der Waals surface area contributed by atoms with Crippen molar-refractivity contribution in [3.63, 3.8) is 0 Å². The van der Waals surface area contributed by atoms with E-state index in [2.05, 4.69) is 57.9 Å². The van der Waals surface area contributed by atoms with Crippen molar-refractivity contribution < 1.29 is 9.94 Å². The van der Waals surface area contributed by atoms with Gasteiger partial charge in [0.2, 0.25) is 0 Å². The van der Waals surface area contributed by atoms with Crippen LogP contribution in [0.3, 0.4) is 0 Å². The minimum Gasteiger partial charge on any atom is -0.487 e. The maximum absolute atomic E-state index is 8.66. The van der Waals surface area contributed by atoms with Crippen molar-refractivity contribution in [2.75, 3.05) is 0 Å². The van der Waals surface area contributed by atoms with E-state index in [0.29, 0.717) is 18.1 Å². The lowest BCUT2D eigenvalue weighted by atomic mass is 10.2. The summed E-state index contributed by atoms with van der Waals surface area (Å²) in [6, 6.07) is 7.30. The average Bonchev–Trinajstić information content (AvgIpc) is 2.45. The predicted octanol–water partition coefficient (Wildman–Crippen LogP) is 4.04. The van der Waals surface area contributed by atoms with Gasteiger partial charge in [-0.1, -0.05) is 21.1 Å². The number of hydrogen-bond acceptors (Lipinski definition) is 4. The van der Waals surface area contributed by atoms with E-state index in [-0.39, 0.29) is 5.84 Å². The molecule has 0 radical (unpaired) electrons. The fourth-order valence-corrected chi connectivity index (χ4v) is 4.07. The fourth-order valence-electron chi connectivity index (χ4n) is 1.58. The Labute approximate surface area is 146 Å². The van der Waals surface area contributed by atoms with E-state index >= 15 is 0 Å². The van der Waals surface area contributed by atoms with Crippen LogP contribution in [-0.4, -0.2) is 16.0 Å². The summed E-state index contributed by atoms with van der Waals surface area (Å²) in [7, 11) is 0. The summed E-state index contributed by atoms with van der Waals surface area (Å²) in [4.78, 5) is 4.02. The molecule has 1 aromatic carbocycles. The third kappa shape index (κ3) is 4.18. The molecule has 2 aromatic rings. The molecule has 1 heterocycles. The Morgan fingerprint density at radius 3 is 2.52 bits per heavy atom. The molecule has 1 aromatic heterocycles. The smallest absolute Gasteiger partial charge is 0.188 e. The van der Waals surface area contributed by atoms with Crippen molar-refractivity contribution in [2.45, 2.75) is 6.61 Å². The highest BCUT2D eigenvalue weighted by Gasteiger charge is 2.09. The van der Waals surface area contributed by atoms with Crippen LogP contribution < -0.4 is 10.5 Å². The largest absolute Gasteiger partial charge is 0.487 e. The van der Waals surface area contributed by atoms with Gasteiger partial charge in [0.15, 0.2) is 5.84 Å². The Morgan fingerprint density at radius 2 is 1.90 bits per heavy atom. The number of nitrogens with zero attached hydrogens (tertiary/aromatic N) is 2. The second-order valence-electron chi connectivity index (χ2n) is 4.02. The van der Waals surface area contributed by atoms with Crippen molar-refractivity contribution in [1.82, 2.24) is 4.98 Å². The SMILES string of the molecule is NC(=NO)c1cc(COc2c(Br)cc(Br)cc2Br)ccn1. The quantitative estimate of drug-likeness (QED) is 0.300. The zero-order chi connectivity index (χ0) is 15.4. The van der Waals surface area contributed by atoms with Crippen molar-refractivity contribution in [1.29, 1.82) is 0 Å². The Morgan fingerprint density at radius 1 is 1.24 bits per heavy atom. The summed E-state index contributed by atoms with van der Waals surface area (Å²) < 4.78 is 8.38. The van der Waals surface area contributed by atoms with E-state index in [1.807, 2.05) is 12.1 Å². The molecule has 0 aliphatic carbocycles. The average molecular weight is 480 g/mol. The van der Waals surface area contributed by atoms with Crippen molar-refractivity contribution >= 4 is 53.6 Å². The van der Waals surface area contributed by atoms with Gasteiger partial charge in [-0.15, -0.1) is 0 Å². The van der Waals surface area contributed by atoms with Gasteiger partial charge < -0.3 is 15.7 Å². The molecule has 8 heteroatoms. The molecule has 0 unspecified atom stereocenters. The number of aromatic nitrogens is 1. The first kappa shape index (κ1) is 16.3. The molecule has 0 bridgehead atoms. The van der Waals surface area contributed by atoms with Crippen molar-refractivity contribution in [3.05, 3.63) is 55.1 Å². The zero-order valence-electron chi connectivity index (χ0n) is 10.6. The third-order valence-corrected chi connectivity index (χ3v) is 4.18. The summed E-state index contributed by atoms with van der Waals surface area (Å²) in [5.74, 6) is 0.656. The molecule has 0 amide bonds. The minimum atomic E-state index is -0.0390. The van der Waals surface area contributed by atoms with Gasteiger partial charge in [0, 0.05) is 10.7 Å². The fraction of sp³-hybridized carbons (Fsp3) is 0.0769. The number of halogens is 3. The maximum Gasteiger partial charge on any atom is 0.188 e. The lowest BCUT2D eigenvalue weighted by molar-refractivity contribution is 0.302. The van der Waals surface area contributed by atoms with Gasteiger partial charge in [-0.25, -0.2) is 0 Å². The van der Waals surface area contributed by atoms with Gasteiger partial charge >= 0.3 is 0 Å². The first-order valence-electron chi connectivity index (χ1n) is 5.71. The first-order chi connectivity index (χ1) is 10.0. The highest BCUT2D eigenvalue weighted by Crippen LogP contribution is 2.36. The Bertz CT molecular complexity index is 669. The molecular weight excluding hydrogens is 470 g/mol. The lowest BCUT2D eigenvalue weighted by Gasteiger charge is -2.11. The minimum absolute atomic E-state index is 0.0390. The number of benzene rings is 1. The Kier molecular flexibility index (Phi) is 5.60.